The van der Waals surface area contributed by atoms with Crippen molar-refractivity contribution in [1.29, 1.82) is 0 Å². The first-order valence-electron chi connectivity index (χ1n) is 7.83. The van der Waals surface area contributed by atoms with Crippen LogP contribution in [0.1, 0.15) is 51.0 Å². The standard InChI is InChI=1S/C17H22F2O4/c1-9(23-10(2)20)17(22)12-5-3-11(4-6-12)13-7-8-14(21)16(19)15(13)18/h7-9,11-12,17,21-22H,3-6H2,1-2H3. The van der Waals surface area contributed by atoms with Gasteiger partial charge in [-0.3, -0.25) is 4.79 Å². The van der Waals surface area contributed by atoms with Crippen molar-refractivity contribution in [3.63, 3.8) is 0 Å². The van der Waals surface area contributed by atoms with E-state index in [4.69, 9.17) is 4.74 Å². The van der Waals surface area contributed by atoms with Gasteiger partial charge in [0.15, 0.2) is 11.6 Å². The van der Waals surface area contributed by atoms with E-state index in [-0.39, 0.29) is 17.4 Å². The smallest absolute Gasteiger partial charge is 0.302 e. The van der Waals surface area contributed by atoms with E-state index in [1.54, 1.807) is 6.92 Å². The lowest BCUT2D eigenvalue weighted by molar-refractivity contribution is -0.153. The molecule has 1 aliphatic carbocycles. The Bertz CT molecular complexity index is 568. The van der Waals surface area contributed by atoms with Crippen LogP contribution >= 0.6 is 0 Å². The summed E-state index contributed by atoms with van der Waals surface area (Å²) in [6.07, 6.45) is 1.14. The van der Waals surface area contributed by atoms with Crippen LogP contribution in [0.25, 0.3) is 0 Å². The first kappa shape index (κ1) is 17.7. The topological polar surface area (TPSA) is 66.8 Å². The zero-order valence-corrected chi connectivity index (χ0v) is 13.3. The fourth-order valence-corrected chi connectivity index (χ4v) is 3.36. The molecular weight excluding hydrogens is 306 g/mol. The Morgan fingerprint density at radius 1 is 1.22 bits per heavy atom. The van der Waals surface area contributed by atoms with Gasteiger partial charge in [0, 0.05) is 6.92 Å². The number of aliphatic hydroxyl groups is 1. The van der Waals surface area contributed by atoms with Crippen molar-refractivity contribution in [3.8, 4) is 5.75 Å². The molecule has 2 N–H and O–H groups in total. The lowest BCUT2D eigenvalue weighted by Crippen LogP contribution is -2.36. The number of hydrogen-bond acceptors (Lipinski definition) is 4. The molecule has 2 unspecified atom stereocenters. The number of benzene rings is 1. The third-order valence-electron chi connectivity index (χ3n) is 4.62. The molecule has 0 amide bonds. The molecule has 0 spiro atoms. The van der Waals surface area contributed by atoms with Gasteiger partial charge in [0.2, 0.25) is 5.82 Å². The van der Waals surface area contributed by atoms with Crippen LogP contribution in [0.3, 0.4) is 0 Å². The molecule has 0 aromatic heterocycles. The van der Waals surface area contributed by atoms with Crippen LogP contribution in [-0.2, 0) is 9.53 Å². The van der Waals surface area contributed by atoms with Crippen molar-refractivity contribution < 1.29 is 28.5 Å². The van der Waals surface area contributed by atoms with E-state index in [2.05, 4.69) is 0 Å². The van der Waals surface area contributed by atoms with E-state index in [0.717, 1.165) is 6.07 Å². The fourth-order valence-electron chi connectivity index (χ4n) is 3.36. The van der Waals surface area contributed by atoms with Crippen LogP contribution in [0.4, 0.5) is 8.78 Å². The molecule has 0 saturated heterocycles. The second-order valence-corrected chi connectivity index (χ2v) is 6.22. The Hall–Kier alpha value is -1.69. The number of phenols is 1. The highest BCUT2D eigenvalue weighted by atomic mass is 19.2. The molecule has 2 rings (SSSR count). The first-order chi connectivity index (χ1) is 10.8. The second kappa shape index (κ2) is 7.25. The fraction of sp³-hybridized carbons (Fsp3) is 0.588. The van der Waals surface area contributed by atoms with E-state index in [9.17, 15) is 23.8 Å². The molecule has 1 aliphatic rings. The van der Waals surface area contributed by atoms with Gasteiger partial charge in [-0.15, -0.1) is 0 Å². The molecule has 1 saturated carbocycles. The number of aliphatic hydroxyl groups excluding tert-OH is 1. The second-order valence-electron chi connectivity index (χ2n) is 6.22. The summed E-state index contributed by atoms with van der Waals surface area (Å²) < 4.78 is 32.4. The highest BCUT2D eigenvalue weighted by Crippen LogP contribution is 2.40. The number of carbonyl (C=O) groups is 1. The van der Waals surface area contributed by atoms with E-state index in [0.29, 0.717) is 25.7 Å². The molecule has 0 bridgehead atoms. The molecule has 128 valence electrons. The number of ether oxygens (including phenoxy) is 1. The van der Waals surface area contributed by atoms with Gasteiger partial charge in [0.1, 0.15) is 6.10 Å². The third kappa shape index (κ3) is 3.99. The van der Waals surface area contributed by atoms with Gasteiger partial charge >= 0.3 is 5.97 Å². The zero-order valence-electron chi connectivity index (χ0n) is 13.3. The largest absolute Gasteiger partial charge is 0.505 e. The molecule has 1 aromatic carbocycles. The Morgan fingerprint density at radius 3 is 2.39 bits per heavy atom. The summed E-state index contributed by atoms with van der Waals surface area (Å²) in [5, 5.41) is 19.4. The predicted octanol–water partition coefficient (Wildman–Crippen LogP) is 3.26. The van der Waals surface area contributed by atoms with Crippen molar-refractivity contribution in [1.82, 2.24) is 0 Å². The predicted molar refractivity (Wildman–Crippen MR) is 80.0 cm³/mol. The van der Waals surface area contributed by atoms with Gasteiger partial charge in [-0.05, 0) is 56.1 Å². The third-order valence-corrected chi connectivity index (χ3v) is 4.62. The summed E-state index contributed by atoms with van der Waals surface area (Å²) >= 11 is 0. The van der Waals surface area contributed by atoms with E-state index in [1.807, 2.05) is 0 Å². The van der Waals surface area contributed by atoms with Crippen molar-refractivity contribution >= 4 is 5.97 Å². The molecule has 23 heavy (non-hydrogen) atoms. The number of halogens is 2. The minimum Gasteiger partial charge on any atom is -0.505 e. The summed E-state index contributed by atoms with van der Waals surface area (Å²) in [5.74, 6) is -3.52. The van der Waals surface area contributed by atoms with Crippen molar-refractivity contribution in [3.05, 3.63) is 29.3 Å². The Morgan fingerprint density at radius 2 is 1.83 bits per heavy atom. The van der Waals surface area contributed by atoms with E-state index < -0.39 is 35.6 Å². The SMILES string of the molecule is CC(=O)OC(C)C(O)C1CCC(c2ccc(O)c(F)c2F)CC1. The number of esters is 1. The van der Waals surface area contributed by atoms with Crippen LogP contribution in [0.2, 0.25) is 0 Å². The summed E-state index contributed by atoms with van der Waals surface area (Å²) in [6, 6.07) is 2.58. The maximum absolute atomic E-state index is 13.9. The van der Waals surface area contributed by atoms with Crippen LogP contribution in [-0.4, -0.2) is 28.4 Å². The monoisotopic (exact) mass is 328 g/mol. The van der Waals surface area contributed by atoms with Gasteiger partial charge in [-0.1, -0.05) is 6.07 Å². The molecule has 1 aromatic rings. The minimum atomic E-state index is -1.21. The maximum atomic E-state index is 13.9. The maximum Gasteiger partial charge on any atom is 0.302 e. The molecule has 2 atom stereocenters. The van der Waals surface area contributed by atoms with Gasteiger partial charge in [-0.2, -0.15) is 4.39 Å². The van der Waals surface area contributed by atoms with Crippen LogP contribution in [0, 0.1) is 17.6 Å². The Labute approximate surface area is 134 Å². The average Bonchev–Trinajstić information content (AvgIpc) is 2.52. The normalized spacial score (nSPS) is 24.0. The van der Waals surface area contributed by atoms with Crippen molar-refractivity contribution in [2.45, 2.75) is 57.7 Å². The van der Waals surface area contributed by atoms with Crippen molar-refractivity contribution in [2.75, 3.05) is 0 Å². The van der Waals surface area contributed by atoms with Gasteiger partial charge in [0.25, 0.3) is 0 Å². The highest BCUT2D eigenvalue weighted by Gasteiger charge is 2.32. The molecule has 0 aliphatic heterocycles. The van der Waals surface area contributed by atoms with Gasteiger partial charge < -0.3 is 14.9 Å². The minimum absolute atomic E-state index is 0.0365. The first-order valence-corrected chi connectivity index (χ1v) is 7.83. The Balaban J connectivity index is 1.99. The zero-order chi connectivity index (χ0) is 17.1. The Kier molecular flexibility index (Phi) is 5.57. The lowest BCUT2D eigenvalue weighted by Gasteiger charge is -2.33. The highest BCUT2D eigenvalue weighted by molar-refractivity contribution is 5.66. The van der Waals surface area contributed by atoms with E-state index >= 15 is 0 Å². The summed E-state index contributed by atoms with van der Waals surface area (Å²) in [5.41, 5.74) is 0.265. The quantitative estimate of drug-likeness (QED) is 0.833. The molecule has 0 heterocycles. The number of carbonyl (C=O) groups excluding carboxylic acids is 1. The molecule has 6 heteroatoms. The number of rotatable bonds is 4. The summed E-state index contributed by atoms with van der Waals surface area (Å²) in [4.78, 5) is 10.9. The van der Waals surface area contributed by atoms with Gasteiger partial charge in [-0.25, -0.2) is 4.39 Å². The number of hydrogen-bond donors (Lipinski definition) is 2. The average molecular weight is 328 g/mol. The summed E-state index contributed by atoms with van der Waals surface area (Å²) in [6.45, 7) is 2.94. The summed E-state index contributed by atoms with van der Waals surface area (Å²) in [7, 11) is 0. The van der Waals surface area contributed by atoms with Crippen LogP contribution < -0.4 is 0 Å². The van der Waals surface area contributed by atoms with Crippen LogP contribution in [0.15, 0.2) is 12.1 Å². The molecular formula is C17H22F2O4. The van der Waals surface area contributed by atoms with Crippen LogP contribution in [0.5, 0.6) is 5.75 Å². The van der Waals surface area contributed by atoms with Gasteiger partial charge in [0.05, 0.1) is 6.10 Å². The number of aromatic hydroxyl groups is 1. The molecule has 4 nitrogen and oxygen atoms in total. The van der Waals surface area contributed by atoms with E-state index in [1.165, 1.54) is 13.0 Å². The lowest BCUT2D eigenvalue weighted by atomic mass is 9.75. The number of phenolic OH excluding ortho intramolecular Hbond substituents is 1. The van der Waals surface area contributed by atoms with Crippen molar-refractivity contribution in [2.24, 2.45) is 5.92 Å². The molecule has 0 radical (unpaired) electrons. The molecule has 1 fully saturated rings.